The highest BCUT2D eigenvalue weighted by Crippen LogP contribution is 2.26. The van der Waals surface area contributed by atoms with Crippen molar-refractivity contribution in [3.63, 3.8) is 0 Å². The van der Waals surface area contributed by atoms with E-state index in [-0.39, 0.29) is 11.3 Å². The monoisotopic (exact) mass is 425 g/mol. The maximum Gasteiger partial charge on any atom is 0.341 e. The molecule has 6 nitrogen and oxygen atoms in total. The van der Waals surface area contributed by atoms with Gasteiger partial charge in [-0.05, 0) is 23.8 Å². The SMILES string of the molecule is O=C(Nc1ccccc1S(=O)(=O)C(F)F)c1cnn(Cc2ccccc2Cl)c1. The van der Waals surface area contributed by atoms with Gasteiger partial charge in [-0.2, -0.15) is 13.9 Å². The minimum Gasteiger partial charge on any atom is -0.321 e. The van der Waals surface area contributed by atoms with Gasteiger partial charge in [0.25, 0.3) is 5.91 Å². The number of hydrogen-bond acceptors (Lipinski definition) is 4. The van der Waals surface area contributed by atoms with Gasteiger partial charge in [-0.1, -0.05) is 41.9 Å². The second-order valence-corrected chi connectivity index (χ2v) is 8.07. The van der Waals surface area contributed by atoms with E-state index in [1.807, 2.05) is 12.1 Å². The Morgan fingerprint density at radius 2 is 1.82 bits per heavy atom. The van der Waals surface area contributed by atoms with Gasteiger partial charge in [-0.3, -0.25) is 9.48 Å². The van der Waals surface area contributed by atoms with Crippen LogP contribution in [0.4, 0.5) is 14.5 Å². The number of amides is 1. The Balaban J connectivity index is 1.80. The number of carbonyl (C=O) groups is 1. The average molecular weight is 426 g/mol. The Hall–Kier alpha value is -2.78. The van der Waals surface area contributed by atoms with Crippen LogP contribution in [-0.4, -0.2) is 29.9 Å². The molecule has 28 heavy (non-hydrogen) atoms. The Morgan fingerprint density at radius 3 is 2.54 bits per heavy atom. The lowest BCUT2D eigenvalue weighted by atomic mass is 10.2. The van der Waals surface area contributed by atoms with Crippen molar-refractivity contribution in [1.82, 2.24) is 9.78 Å². The molecule has 0 saturated carbocycles. The summed E-state index contributed by atoms with van der Waals surface area (Å²) < 4.78 is 50.8. The molecule has 3 aromatic rings. The molecule has 0 unspecified atom stereocenters. The fraction of sp³-hybridized carbons (Fsp3) is 0.111. The molecule has 0 aliphatic carbocycles. The second kappa shape index (κ2) is 8.07. The van der Waals surface area contributed by atoms with Crippen LogP contribution >= 0.6 is 11.6 Å². The number of carbonyl (C=O) groups excluding carboxylic acids is 1. The summed E-state index contributed by atoms with van der Waals surface area (Å²) in [6.45, 7) is 0.323. The van der Waals surface area contributed by atoms with Gasteiger partial charge in [0.05, 0.1) is 28.9 Å². The summed E-state index contributed by atoms with van der Waals surface area (Å²) in [6.07, 6.45) is 2.74. The van der Waals surface area contributed by atoms with Gasteiger partial charge in [0, 0.05) is 11.2 Å². The maximum absolute atomic E-state index is 12.9. The van der Waals surface area contributed by atoms with E-state index in [1.165, 1.54) is 35.3 Å². The molecule has 1 heterocycles. The summed E-state index contributed by atoms with van der Waals surface area (Å²) in [5, 5.41) is 6.97. The highest BCUT2D eigenvalue weighted by molar-refractivity contribution is 7.91. The van der Waals surface area contributed by atoms with Crippen molar-refractivity contribution in [1.29, 1.82) is 0 Å². The summed E-state index contributed by atoms with van der Waals surface area (Å²) in [6, 6.07) is 12.1. The normalized spacial score (nSPS) is 11.6. The van der Waals surface area contributed by atoms with E-state index in [9.17, 15) is 22.0 Å². The van der Waals surface area contributed by atoms with Crippen LogP contribution in [0.15, 0.2) is 65.8 Å². The number of alkyl halides is 2. The van der Waals surface area contributed by atoms with Crippen LogP contribution in [0.1, 0.15) is 15.9 Å². The van der Waals surface area contributed by atoms with E-state index in [4.69, 9.17) is 11.6 Å². The number of rotatable bonds is 6. The quantitative estimate of drug-likeness (QED) is 0.650. The van der Waals surface area contributed by atoms with Crippen molar-refractivity contribution in [2.24, 2.45) is 0 Å². The van der Waals surface area contributed by atoms with Gasteiger partial charge in [0.2, 0.25) is 9.84 Å². The maximum atomic E-state index is 12.9. The van der Waals surface area contributed by atoms with E-state index in [1.54, 1.807) is 12.1 Å². The van der Waals surface area contributed by atoms with Crippen LogP contribution in [0.3, 0.4) is 0 Å². The fourth-order valence-electron chi connectivity index (χ4n) is 2.48. The first-order valence-electron chi connectivity index (χ1n) is 7.97. The van der Waals surface area contributed by atoms with E-state index in [0.29, 0.717) is 11.6 Å². The average Bonchev–Trinajstić information content (AvgIpc) is 3.12. The van der Waals surface area contributed by atoms with Crippen molar-refractivity contribution >= 4 is 33.0 Å². The third-order valence-corrected chi connectivity index (χ3v) is 5.67. The predicted octanol–water partition coefficient (Wildman–Crippen LogP) is 3.83. The van der Waals surface area contributed by atoms with E-state index in [2.05, 4.69) is 10.4 Å². The fourth-order valence-corrected chi connectivity index (χ4v) is 3.56. The number of hydrogen-bond donors (Lipinski definition) is 1. The molecule has 146 valence electrons. The molecule has 1 N–H and O–H groups in total. The molecule has 0 aliphatic rings. The van der Waals surface area contributed by atoms with Crippen molar-refractivity contribution < 1.29 is 22.0 Å². The number of halogens is 3. The largest absolute Gasteiger partial charge is 0.341 e. The number of benzene rings is 2. The minimum atomic E-state index is -4.86. The first kappa shape index (κ1) is 20.0. The molecular weight excluding hydrogens is 412 g/mol. The molecule has 0 saturated heterocycles. The standard InChI is InChI=1S/C18H14ClF2N3O3S/c19-14-6-2-1-5-12(14)10-24-11-13(9-22-24)17(25)23-15-7-3-4-8-16(15)28(26,27)18(20)21/h1-9,11,18H,10H2,(H,23,25). The third kappa shape index (κ3) is 4.20. The Morgan fingerprint density at radius 1 is 1.14 bits per heavy atom. The number of nitrogens with zero attached hydrogens (tertiary/aromatic N) is 2. The summed E-state index contributed by atoms with van der Waals surface area (Å²) in [5.41, 5.74) is 0.704. The van der Waals surface area contributed by atoms with E-state index >= 15 is 0 Å². The number of anilines is 1. The number of aromatic nitrogens is 2. The molecule has 0 spiro atoms. The topological polar surface area (TPSA) is 81.1 Å². The van der Waals surface area contributed by atoms with Crippen LogP contribution < -0.4 is 5.32 Å². The molecule has 0 radical (unpaired) electrons. The van der Waals surface area contributed by atoms with Gasteiger partial charge in [0.1, 0.15) is 0 Å². The zero-order valence-electron chi connectivity index (χ0n) is 14.2. The van der Waals surface area contributed by atoms with Gasteiger partial charge < -0.3 is 5.32 Å². The summed E-state index contributed by atoms with van der Waals surface area (Å²) in [5.74, 6) is -4.27. The smallest absolute Gasteiger partial charge is 0.321 e. The Kier molecular flexibility index (Phi) is 5.76. The van der Waals surface area contributed by atoms with E-state index in [0.717, 1.165) is 11.6 Å². The predicted molar refractivity (Wildman–Crippen MR) is 100 cm³/mol. The lowest BCUT2D eigenvalue weighted by molar-refractivity contribution is 0.102. The molecule has 2 aromatic carbocycles. The summed E-state index contributed by atoms with van der Waals surface area (Å²) in [4.78, 5) is 11.8. The van der Waals surface area contributed by atoms with Crippen LogP contribution in [0.25, 0.3) is 0 Å². The van der Waals surface area contributed by atoms with Crippen LogP contribution in [0.2, 0.25) is 5.02 Å². The van der Waals surface area contributed by atoms with Gasteiger partial charge in [-0.25, -0.2) is 8.42 Å². The molecule has 0 atom stereocenters. The molecule has 0 aliphatic heterocycles. The molecule has 10 heteroatoms. The first-order chi connectivity index (χ1) is 13.3. The molecule has 1 aromatic heterocycles. The Labute approximate surface area is 164 Å². The van der Waals surface area contributed by atoms with Crippen molar-refractivity contribution in [3.8, 4) is 0 Å². The van der Waals surface area contributed by atoms with Crippen molar-refractivity contribution in [2.45, 2.75) is 17.2 Å². The van der Waals surface area contributed by atoms with Crippen LogP contribution in [0.5, 0.6) is 0 Å². The van der Waals surface area contributed by atoms with Gasteiger partial charge in [-0.15, -0.1) is 0 Å². The first-order valence-corrected chi connectivity index (χ1v) is 9.90. The minimum absolute atomic E-state index is 0.135. The molecule has 0 bridgehead atoms. The molecule has 3 rings (SSSR count). The van der Waals surface area contributed by atoms with Crippen LogP contribution in [-0.2, 0) is 16.4 Å². The van der Waals surface area contributed by atoms with Crippen molar-refractivity contribution in [2.75, 3.05) is 5.32 Å². The zero-order chi connectivity index (χ0) is 20.3. The lowest BCUT2D eigenvalue weighted by Crippen LogP contribution is -2.17. The van der Waals surface area contributed by atoms with Gasteiger partial charge >= 0.3 is 5.76 Å². The summed E-state index contributed by atoms with van der Waals surface area (Å²) >= 11 is 6.10. The lowest BCUT2D eigenvalue weighted by Gasteiger charge is -2.10. The Bertz CT molecular complexity index is 1120. The number of sulfone groups is 1. The van der Waals surface area contributed by atoms with Crippen molar-refractivity contribution in [3.05, 3.63) is 77.1 Å². The number of para-hydroxylation sites is 1. The third-order valence-electron chi connectivity index (χ3n) is 3.86. The highest BCUT2D eigenvalue weighted by Gasteiger charge is 2.29. The van der Waals surface area contributed by atoms with Gasteiger partial charge in [0.15, 0.2) is 0 Å². The zero-order valence-corrected chi connectivity index (χ0v) is 15.8. The summed E-state index contributed by atoms with van der Waals surface area (Å²) in [7, 11) is -4.86. The van der Waals surface area contributed by atoms with E-state index < -0.39 is 26.4 Å². The molecule has 1 amide bonds. The van der Waals surface area contributed by atoms with Crippen LogP contribution in [0, 0.1) is 0 Å². The molecular formula is C18H14ClF2N3O3S. The highest BCUT2D eigenvalue weighted by atomic mass is 35.5. The number of nitrogens with one attached hydrogen (secondary N) is 1. The second-order valence-electron chi connectivity index (χ2n) is 5.77. The molecule has 0 fully saturated rings.